The van der Waals surface area contributed by atoms with Crippen molar-refractivity contribution < 1.29 is 14.5 Å². The van der Waals surface area contributed by atoms with Gasteiger partial charge in [-0.3, -0.25) is 10.1 Å². The molecule has 0 saturated carbocycles. The summed E-state index contributed by atoms with van der Waals surface area (Å²) in [6.07, 6.45) is 0. The van der Waals surface area contributed by atoms with Gasteiger partial charge < -0.3 is 4.74 Å². The number of rotatable bonds is 4. The van der Waals surface area contributed by atoms with Gasteiger partial charge in [-0.2, -0.15) is 0 Å². The van der Waals surface area contributed by atoms with Gasteiger partial charge >= 0.3 is 11.7 Å². The van der Waals surface area contributed by atoms with E-state index in [9.17, 15) is 14.9 Å². The summed E-state index contributed by atoms with van der Waals surface area (Å²) in [4.78, 5) is 23.9. The number of nitrogens with zero attached hydrogens (tertiary/aromatic N) is 1. The predicted molar refractivity (Wildman–Crippen MR) is 100 cm³/mol. The number of esters is 1. The zero-order valence-electron chi connectivity index (χ0n) is 14.2. The van der Waals surface area contributed by atoms with Gasteiger partial charge in [0.25, 0.3) is 0 Å². The minimum atomic E-state index is -0.670. The SMILES string of the molecule is O=C1O/C(=C(\C(c2ccccc2)c2ccccc2)[N+](=O)[O-])c2ccccc21. The second kappa shape index (κ2) is 6.88. The van der Waals surface area contributed by atoms with Crippen molar-refractivity contribution in [2.45, 2.75) is 5.92 Å². The lowest BCUT2D eigenvalue weighted by Gasteiger charge is -2.17. The Hall–Kier alpha value is -3.73. The molecule has 0 radical (unpaired) electrons. The van der Waals surface area contributed by atoms with Gasteiger partial charge in [0, 0.05) is 5.56 Å². The molecule has 0 atom stereocenters. The molecule has 1 aliphatic heterocycles. The number of carbonyl (C=O) groups is 1. The Bertz CT molecular complexity index is 1000. The fourth-order valence-electron chi connectivity index (χ4n) is 3.37. The van der Waals surface area contributed by atoms with Crippen molar-refractivity contribution in [3.05, 3.63) is 123 Å². The van der Waals surface area contributed by atoms with Gasteiger partial charge in [-0.1, -0.05) is 78.9 Å². The first-order chi connectivity index (χ1) is 13.2. The topological polar surface area (TPSA) is 69.4 Å². The number of nitro groups is 1. The van der Waals surface area contributed by atoms with Gasteiger partial charge in [0.2, 0.25) is 5.76 Å². The number of fused-ring (bicyclic) bond motifs is 1. The Morgan fingerprint density at radius 1 is 0.778 bits per heavy atom. The average molecular weight is 357 g/mol. The molecule has 3 aromatic rings. The molecular weight excluding hydrogens is 342 g/mol. The van der Waals surface area contributed by atoms with E-state index in [0.717, 1.165) is 11.1 Å². The summed E-state index contributed by atoms with van der Waals surface area (Å²) in [5.41, 5.74) is 2.15. The summed E-state index contributed by atoms with van der Waals surface area (Å²) in [6.45, 7) is 0. The van der Waals surface area contributed by atoms with Crippen molar-refractivity contribution >= 4 is 11.7 Å². The van der Waals surface area contributed by atoms with Gasteiger partial charge in [0.1, 0.15) is 5.92 Å². The molecule has 132 valence electrons. The molecule has 1 heterocycles. The highest BCUT2D eigenvalue weighted by Gasteiger charge is 2.39. The molecule has 0 aromatic heterocycles. The van der Waals surface area contributed by atoms with Crippen LogP contribution in [0.15, 0.2) is 90.6 Å². The van der Waals surface area contributed by atoms with Gasteiger partial charge in [-0.15, -0.1) is 0 Å². The maximum Gasteiger partial charge on any atom is 0.344 e. The van der Waals surface area contributed by atoms with E-state index in [1.54, 1.807) is 24.3 Å². The summed E-state index contributed by atoms with van der Waals surface area (Å²) in [5, 5.41) is 12.1. The zero-order valence-corrected chi connectivity index (χ0v) is 14.2. The zero-order chi connectivity index (χ0) is 18.8. The van der Waals surface area contributed by atoms with Crippen LogP contribution in [-0.2, 0) is 4.74 Å². The Labute approximate surface area is 155 Å². The molecule has 3 aromatic carbocycles. The Balaban J connectivity index is 2.00. The summed E-state index contributed by atoms with van der Waals surface area (Å²) in [6, 6.07) is 25.1. The number of hydrogen-bond donors (Lipinski definition) is 0. The van der Waals surface area contributed by atoms with Crippen LogP contribution in [0.1, 0.15) is 33.0 Å². The molecule has 0 unspecified atom stereocenters. The van der Waals surface area contributed by atoms with Crippen LogP contribution in [0.25, 0.3) is 5.76 Å². The van der Waals surface area contributed by atoms with Crippen LogP contribution in [0, 0.1) is 10.1 Å². The molecule has 0 fully saturated rings. The smallest absolute Gasteiger partial charge is 0.344 e. The van der Waals surface area contributed by atoms with Crippen molar-refractivity contribution in [1.82, 2.24) is 0 Å². The van der Waals surface area contributed by atoms with Gasteiger partial charge in [-0.25, -0.2) is 4.79 Å². The average Bonchev–Trinajstić information content (AvgIpc) is 3.03. The molecule has 0 aliphatic carbocycles. The van der Waals surface area contributed by atoms with Crippen LogP contribution < -0.4 is 0 Å². The normalized spacial score (nSPS) is 14.6. The fourth-order valence-corrected chi connectivity index (χ4v) is 3.37. The Morgan fingerprint density at radius 3 is 1.78 bits per heavy atom. The molecule has 0 N–H and O–H groups in total. The molecule has 0 bridgehead atoms. The number of carbonyl (C=O) groups excluding carboxylic acids is 1. The number of benzene rings is 3. The number of allylic oxidation sites excluding steroid dienone is 1. The first-order valence-corrected chi connectivity index (χ1v) is 8.47. The minimum Gasteiger partial charge on any atom is -0.415 e. The second-order valence-corrected chi connectivity index (χ2v) is 6.16. The maximum absolute atomic E-state index is 12.2. The third-order valence-corrected chi connectivity index (χ3v) is 4.55. The largest absolute Gasteiger partial charge is 0.415 e. The molecular formula is C22H15NO4. The number of ether oxygens (including phenoxy) is 1. The first-order valence-electron chi connectivity index (χ1n) is 8.47. The molecule has 1 aliphatic rings. The summed E-state index contributed by atoms with van der Waals surface area (Å²) in [5.74, 6) is -1.23. The molecule has 0 spiro atoms. The molecule has 5 heteroatoms. The summed E-state index contributed by atoms with van der Waals surface area (Å²) >= 11 is 0. The third-order valence-electron chi connectivity index (χ3n) is 4.55. The van der Waals surface area contributed by atoms with E-state index < -0.39 is 16.8 Å². The van der Waals surface area contributed by atoms with Gasteiger partial charge in [-0.05, 0) is 17.2 Å². The van der Waals surface area contributed by atoms with Gasteiger partial charge in [0.15, 0.2) is 0 Å². The molecule has 4 rings (SSSR count). The van der Waals surface area contributed by atoms with E-state index in [1.807, 2.05) is 60.7 Å². The van der Waals surface area contributed by atoms with Crippen molar-refractivity contribution in [2.24, 2.45) is 0 Å². The van der Waals surface area contributed by atoms with Crippen LogP contribution in [-0.4, -0.2) is 10.9 Å². The lowest BCUT2D eigenvalue weighted by molar-refractivity contribution is -0.429. The highest BCUT2D eigenvalue weighted by Crippen LogP contribution is 2.40. The molecule has 0 saturated heterocycles. The van der Waals surface area contributed by atoms with E-state index >= 15 is 0 Å². The van der Waals surface area contributed by atoms with Crippen molar-refractivity contribution in [3.63, 3.8) is 0 Å². The highest BCUT2D eigenvalue weighted by molar-refractivity contribution is 6.03. The summed E-state index contributed by atoms with van der Waals surface area (Å²) in [7, 11) is 0. The summed E-state index contributed by atoms with van der Waals surface area (Å²) < 4.78 is 5.38. The number of hydrogen-bond acceptors (Lipinski definition) is 4. The van der Waals surface area contributed by atoms with Crippen LogP contribution in [0.5, 0.6) is 0 Å². The van der Waals surface area contributed by atoms with E-state index in [-0.39, 0.29) is 11.5 Å². The second-order valence-electron chi connectivity index (χ2n) is 6.16. The van der Waals surface area contributed by atoms with E-state index in [0.29, 0.717) is 11.1 Å². The minimum absolute atomic E-state index is 0.0123. The third kappa shape index (κ3) is 3.00. The van der Waals surface area contributed by atoms with E-state index in [4.69, 9.17) is 4.74 Å². The fraction of sp³-hybridized carbons (Fsp3) is 0.0455. The van der Waals surface area contributed by atoms with Crippen molar-refractivity contribution in [2.75, 3.05) is 0 Å². The highest BCUT2D eigenvalue weighted by atomic mass is 16.6. The van der Waals surface area contributed by atoms with Crippen LogP contribution in [0.2, 0.25) is 0 Å². The quantitative estimate of drug-likeness (QED) is 0.388. The first kappa shape index (κ1) is 16.7. The van der Waals surface area contributed by atoms with E-state index in [2.05, 4.69) is 0 Å². The Kier molecular flexibility index (Phi) is 4.26. The molecule has 0 amide bonds. The monoisotopic (exact) mass is 357 g/mol. The van der Waals surface area contributed by atoms with E-state index in [1.165, 1.54) is 0 Å². The van der Waals surface area contributed by atoms with Crippen LogP contribution >= 0.6 is 0 Å². The standard InChI is InChI=1S/C22H15NO4/c24-22-18-14-8-7-13-17(18)21(27-22)20(23(25)26)19(15-9-3-1-4-10-15)16-11-5-2-6-12-16/h1-14,19H/b21-20+. The van der Waals surface area contributed by atoms with Gasteiger partial charge in [0.05, 0.1) is 10.5 Å². The lowest BCUT2D eigenvalue weighted by Crippen LogP contribution is -2.14. The van der Waals surface area contributed by atoms with Crippen LogP contribution in [0.3, 0.4) is 0 Å². The number of cyclic esters (lactones) is 1. The van der Waals surface area contributed by atoms with Crippen molar-refractivity contribution in [1.29, 1.82) is 0 Å². The molecule has 5 nitrogen and oxygen atoms in total. The maximum atomic E-state index is 12.2. The molecule has 27 heavy (non-hydrogen) atoms. The Morgan fingerprint density at radius 2 is 1.26 bits per heavy atom. The lowest BCUT2D eigenvalue weighted by atomic mass is 9.87. The van der Waals surface area contributed by atoms with Crippen molar-refractivity contribution in [3.8, 4) is 0 Å². The predicted octanol–water partition coefficient (Wildman–Crippen LogP) is 4.63. The van der Waals surface area contributed by atoms with Crippen LogP contribution in [0.4, 0.5) is 0 Å².